The molecule has 0 fully saturated rings. The highest BCUT2D eigenvalue weighted by Gasteiger charge is 2.14. The average Bonchev–Trinajstić information content (AvgIpc) is 3.32. The Morgan fingerprint density at radius 1 is 0.935 bits per heavy atom. The van der Waals surface area contributed by atoms with Gasteiger partial charge in [0.05, 0.1) is 4.88 Å². The van der Waals surface area contributed by atoms with Crippen molar-refractivity contribution in [2.45, 2.75) is 26.4 Å². The highest BCUT2D eigenvalue weighted by Crippen LogP contribution is 2.15. The van der Waals surface area contributed by atoms with Crippen molar-refractivity contribution in [1.82, 2.24) is 10.2 Å². The molecule has 0 bridgehead atoms. The molecule has 31 heavy (non-hydrogen) atoms. The van der Waals surface area contributed by atoms with Gasteiger partial charge in [-0.3, -0.25) is 14.4 Å². The summed E-state index contributed by atoms with van der Waals surface area (Å²) in [5.74, 6) is -0.482. The maximum Gasteiger partial charge on any atom is 0.265 e. The van der Waals surface area contributed by atoms with Crippen LogP contribution in [-0.2, 0) is 6.54 Å². The molecule has 2 aromatic carbocycles. The number of amides is 3. The van der Waals surface area contributed by atoms with Gasteiger partial charge in [-0.15, -0.1) is 11.3 Å². The third-order valence-electron chi connectivity index (χ3n) is 4.88. The fraction of sp³-hybridized carbons (Fsp3) is 0.208. The third-order valence-corrected chi connectivity index (χ3v) is 5.75. The van der Waals surface area contributed by atoms with E-state index in [1.54, 1.807) is 54.4 Å². The summed E-state index contributed by atoms with van der Waals surface area (Å²) in [7, 11) is 1.78. The number of hydrogen-bond acceptors (Lipinski definition) is 4. The lowest BCUT2D eigenvalue weighted by Crippen LogP contribution is -2.32. The molecule has 0 radical (unpaired) electrons. The number of hydrogen-bond donors (Lipinski definition) is 2. The highest BCUT2D eigenvalue weighted by molar-refractivity contribution is 7.12. The number of nitrogens with one attached hydrogen (secondary N) is 2. The van der Waals surface area contributed by atoms with Crippen LogP contribution in [0.4, 0.5) is 5.69 Å². The Labute approximate surface area is 185 Å². The molecule has 0 saturated heterocycles. The van der Waals surface area contributed by atoms with E-state index in [0.29, 0.717) is 28.2 Å². The van der Waals surface area contributed by atoms with E-state index >= 15 is 0 Å². The lowest BCUT2D eigenvalue weighted by Gasteiger charge is -2.21. The summed E-state index contributed by atoms with van der Waals surface area (Å²) in [6, 6.07) is 17.7. The Kier molecular flexibility index (Phi) is 7.20. The average molecular weight is 436 g/mol. The Bertz CT molecular complexity index is 1060. The van der Waals surface area contributed by atoms with Crippen LogP contribution in [0.5, 0.6) is 0 Å². The summed E-state index contributed by atoms with van der Waals surface area (Å²) in [5, 5.41) is 7.51. The van der Waals surface area contributed by atoms with Gasteiger partial charge in [-0.25, -0.2) is 0 Å². The molecule has 0 aliphatic heterocycles. The molecule has 3 rings (SSSR count). The molecule has 3 aromatic rings. The number of carbonyl (C=O) groups excluding carboxylic acids is 3. The van der Waals surface area contributed by atoms with E-state index in [0.717, 1.165) is 5.56 Å². The molecule has 7 heteroatoms. The van der Waals surface area contributed by atoms with Crippen LogP contribution in [0.25, 0.3) is 0 Å². The zero-order valence-electron chi connectivity index (χ0n) is 17.7. The predicted octanol–water partition coefficient (Wildman–Crippen LogP) is 4.41. The quantitative estimate of drug-likeness (QED) is 0.577. The first-order valence-electron chi connectivity index (χ1n) is 9.94. The summed E-state index contributed by atoms with van der Waals surface area (Å²) < 4.78 is 0. The van der Waals surface area contributed by atoms with E-state index in [1.807, 2.05) is 37.4 Å². The summed E-state index contributed by atoms with van der Waals surface area (Å²) in [6.45, 7) is 4.26. The number of thiophene rings is 1. The second-order valence-electron chi connectivity index (χ2n) is 7.40. The van der Waals surface area contributed by atoms with E-state index in [1.165, 1.54) is 11.3 Å². The van der Waals surface area contributed by atoms with Gasteiger partial charge in [0.1, 0.15) is 0 Å². The van der Waals surface area contributed by atoms with Crippen molar-refractivity contribution in [2.75, 3.05) is 12.4 Å². The van der Waals surface area contributed by atoms with Crippen LogP contribution in [0, 0.1) is 0 Å². The molecule has 0 unspecified atom stereocenters. The van der Waals surface area contributed by atoms with Crippen LogP contribution in [0.1, 0.15) is 49.8 Å². The molecule has 0 saturated carbocycles. The van der Waals surface area contributed by atoms with Gasteiger partial charge in [-0.05, 0) is 61.2 Å². The molecular weight excluding hydrogens is 410 g/mol. The lowest BCUT2D eigenvalue weighted by molar-refractivity contribution is 0.0754. The molecular formula is C24H25N3O3S. The number of rotatable bonds is 7. The summed E-state index contributed by atoms with van der Waals surface area (Å²) in [4.78, 5) is 39.4. The van der Waals surface area contributed by atoms with Crippen LogP contribution >= 0.6 is 11.3 Å². The fourth-order valence-electron chi connectivity index (χ4n) is 2.83. The van der Waals surface area contributed by atoms with E-state index in [9.17, 15) is 14.4 Å². The summed E-state index contributed by atoms with van der Waals surface area (Å²) in [6.07, 6.45) is 0. The van der Waals surface area contributed by atoms with E-state index < -0.39 is 0 Å². The monoisotopic (exact) mass is 435 g/mol. The second kappa shape index (κ2) is 10.0. The number of benzene rings is 2. The predicted molar refractivity (Wildman–Crippen MR) is 124 cm³/mol. The molecule has 0 aliphatic rings. The summed E-state index contributed by atoms with van der Waals surface area (Å²) in [5.41, 5.74) is 2.51. The maximum absolute atomic E-state index is 12.5. The minimum Gasteiger partial charge on any atom is -0.348 e. The second-order valence-corrected chi connectivity index (χ2v) is 8.35. The molecule has 0 atom stereocenters. The Hall–Kier alpha value is -3.45. The fourth-order valence-corrected chi connectivity index (χ4v) is 3.45. The summed E-state index contributed by atoms with van der Waals surface area (Å²) >= 11 is 1.36. The van der Waals surface area contributed by atoms with Gasteiger partial charge in [-0.2, -0.15) is 0 Å². The first kappa shape index (κ1) is 22.2. The minimum atomic E-state index is -0.244. The maximum atomic E-state index is 12.5. The van der Waals surface area contributed by atoms with Crippen LogP contribution < -0.4 is 10.6 Å². The van der Waals surface area contributed by atoms with Crippen molar-refractivity contribution in [3.8, 4) is 0 Å². The van der Waals surface area contributed by atoms with Crippen molar-refractivity contribution >= 4 is 34.7 Å². The van der Waals surface area contributed by atoms with E-state index in [2.05, 4.69) is 10.6 Å². The SMILES string of the molecule is CC(C)N(C)C(=O)c1ccc(CNC(=O)c2cccc(NC(=O)c3cccs3)c2)cc1. The highest BCUT2D eigenvalue weighted by atomic mass is 32.1. The van der Waals surface area contributed by atoms with Gasteiger partial charge in [0, 0.05) is 36.4 Å². The van der Waals surface area contributed by atoms with Crippen LogP contribution in [0.2, 0.25) is 0 Å². The topological polar surface area (TPSA) is 78.5 Å². The molecule has 3 amide bonds. The van der Waals surface area contributed by atoms with Crippen LogP contribution in [0.15, 0.2) is 66.0 Å². The van der Waals surface area contributed by atoms with E-state index in [4.69, 9.17) is 0 Å². The van der Waals surface area contributed by atoms with Gasteiger partial charge in [0.25, 0.3) is 17.7 Å². The standard InChI is InChI=1S/C24H25N3O3S/c1-16(2)27(3)24(30)18-11-9-17(10-12-18)15-25-22(28)19-6-4-7-20(14-19)26-23(29)21-8-5-13-31-21/h4-14,16H,15H2,1-3H3,(H,25,28)(H,26,29). The number of nitrogens with zero attached hydrogens (tertiary/aromatic N) is 1. The molecule has 1 aromatic heterocycles. The zero-order chi connectivity index (χ0) is 22.4. The third kappa shape index (κ3) is 5.79. The van der Waals surface area contributed by atoms with Gasteiger partial charge in [0.15, 0.2) is 0 Å². The first-order valence-corrected chi connectivity index (χ1v) is 10.8. The minimum absolute atomic E-state index is 0.0352. The van der Waals surface area contributed by atoms with Crippen molar-refractivity contribution in [1.29, 1.82) is 0 Å². The largest absolute Gasteiger partial charge is 0.348 e. The van der Waals surface area contributed by atoms with Gasteiger partial charge in [-0.1, -0.05) is 24.3 Å². The Morgan fingerprint density at radius 3 is 2.32 bits per heavy atom. The van der Waals surface area contributed by atoms with Crippen molar-refractivity contribution in [3.63, 3.8) is 0 Å². The molecule has 0 spiro atoms. The van der Waals surface area contributed by atoms with E-state index in [-0.39, 0.29) is 23.8 Å². The van der Waals surface area contributed by atoms with Crippen molar-refractivity contribution in [3.05, 3.63) is 87.6 Å². The zero-order valence-corrected chi connectivity index (χ0v) is 18.5. The van der Waals surface area contributed by atoms with Crippen LogP contribution in [0.3, 0.4) is 0 Å². The molecule has 160 valence electrons. The molecule has 6 nitrogen and oxygen atoms in total. The number of carbonyl (C=O) groups is 3. The van der Waals surface area contributed by atoms with Gasteiger partial charge < -0.3 is 15.5 Å². The Balaban J connectivity index is 1.58. The van der Waals surface area contributed by atoms with Crippen LogP contribution in [-0.4, -0.2) is 35.7 Å². The lowest BCUT2D eigenvalue weighted by atomic mass is 10.1. The first-order chi connectivity index (χ1) is 14.8. The van der Waals surface area contributed by atoms with Gasteiger partial charge in [0.2, 0.25) is 0 Å². The number of anilines is 1. The smallest absolute Gasteiger partial charge is 0.265 e. The molecule has 1 heterocycles. The van der Waals surface area contributed by atoms with Crippen molar-refractivity contribution in [2.24, 2.45) is 0 Å². The molecule has 0 aliphatic carbocycles. The Morgan fingerprint density at radius 2 is 1.68 bits per heavy atom. The van der Waals surface area contributed by atoms with Crippen molar-refractivity contribution < 1.29 is 14.4 Å². The van der Waals surface area contributed by atoms with Gasteiger partial charge >= 0.3 is 0 Å². The molecule has 2 N–H and O–H groups in total. The normalized spacial score (nSPS) is 10.6.